The van der Waals surface area contributed by atoms with Crippen molar-refractivity contribution in [2.45, 2.75) is 43.9 Å². The Kier molecular flexibility index (Phi) is 8.85. The first-order chi connectivity index (χ1) is 17.4. The van der Waals surface area contributed by atoms with Crippen molar-refractivity contribution in [2.24, 2.45) is 0 Å². The highest BCUT2D eigenvalue weighted by Crippen LogP contribution is 2.34. The van der Waals surface area contributed by atoms with Gasteiger partial charge in [0, 0.05) is 5.02 Å². The number of halogens is 1. The van der Waals surface area contributed by atoms with Crippen molar-refractivity contribution in [1.29, 1.82) is 0 Å². The first-order valence-electron chi connectivity index (χ1n) is 11.9. The van der Waals surface area contributed by atoms with Crippen LogP contribution in [0.3, 0.4) is 0 Å². The predicted octanol–water partition coefficient (Wildman–Crippen LogP) is 3.21. The van der Waals surface area contributed by atoms with E-state index in [2.05, 4.69) is 0 Å². The molecule has 8 heteroatoms. The van der Waals surface area contributed by atoms with Crippen LogP contribution >= 0.6 is 11.6 Å². The first-order valence-corrected chi connectivity index (χ1v) is 12.2. The van der Waals surface area contributed by atoms with E-state index in [1.54, 1.807) is 12.1 Å². The van der Waals surface area contributed by atoms with Gasteiger partial charge in [0.2, 0.25) is 0 Å². The van der Waals surface area contributed by atoms with Crippen LogP contribution in [0.4, 0.5) is 0 Å². The smallest absolute Gasteiger partial charge is 0.122 e. The average molecular weight is 515 g/mol. The van der Waals surface area contributed by atoms with Crippen LogP contribution in [-0.2, 0) is 11.2 Å². The number of rotatable bonds is 9. The summed E-state index contributed by atoms with van der Waals surface area (Å²) in [5.74, 6) is 1.54. The maximum atomic E-state index is 10.4. The molecule has 1 aliphatic heterocycles. The molecule has 192 valence electrons. The summed E-state index contributed by atoms with van der Waals surface area (Å²) < 4.78 is 17.1. The lowest BCUT2D eigenvalue weighted by Gasteiger charge is -2.40. The van der Waals surface area contributed by atoms with Gasteiger partial charge in [-0.3, -0.25) is 0 Å². The molecule has 3 aromatic carbocycles. The number of ether oxygens (including phenoxy) is 3. The van der Waals surface area contributed by atoms with Crippen molar-refractivity contribution >= 4 is 11.6 Å². The molecule has 1 aliphatic rings. The number of aliphatic hydroxyl groups is 4. The molecule has 0 radical (unpaired) electrons. The predicted molar refractivity (Wildman–Crippen MR) is 136 cm³/mol. The van der Waals surface area contributed by atoms with Gasteiger partial charge in [-0.15, -0.1) is 0 Å². The van der Waals surface area contributed by atoms with Crippen LogP contribution < -0.4 is 9.47 Å². The SMILES string of the molecule is Cc1ccc(OCCOc2ccc(Cc3cc([C@@H]4O[C@H](CO)[C@@H](O)[C@H](O)[C@H]4O)ccc3Cl)cc2)cc1. The molecule has 0 aromatic heterocycles. The summed E-state index contributed by atoms with van der Waals surface area (Å²) in [6, 6.07) is 20.8. The molecule has 1 saturated heterocycles. The molecule has 0 bridgehead atoms. The van der Waals surface area contributed by atoms with Gasteiger partial charge in [0.15, 0.2) is 0 Å². The molecular formula is C28H31ClO7. The highest BCUT2D eigenvalue weighted by atomic mass is 35.5. The Labute approximate surface area is 215 Å². The number of aryl methyl sites for hydroxylation is 1. The van der Waals surface area contributed by atoms with Crippen LogP contribution in [-0.4, -0.2) is 64.7 Å². The number of aliphatic hydroxyl groups excluding tert-OH is 4. The van der Waals surface area contributed by atoms with E-state index < -0.39 is 37.1 Å². The molecule has 3 aromatic rings. The summed E-state index contributed by atoms with van der Waals surface area (Å²) in [7, 11) is 0. The van der Waals surface area contributed by atoms with Crippen LogP contribution in [0.25, 0.3) is 0 Å². The van der Waals surface area contributed by atoms with Gasteiger partial charge in [0.25, 0.3) is 0 Å². The van der Waals surface area contributed by atoms with Crippen molar-refractivity contribution in [1.82, 2.24) is 0 Å². The molecule has 1 fully saturated rings. The zero-order chi connectivity index (χ0) is 25.7. The third-order valence-corrected chi connectivity index (χ3v) is 6.62. The van der Waals surface area contributed by atoms with E-state index in [4.69, 9.17) is 25.8 Å². The fourth-order valence-electron chi connectivity index (χ4n) is 4.16. The standard InChI is InChI=1S/C28H31ClO7/c1-17-2-7-21(8-3-17)34-12-13-35-22-9-4-18(5-10-22)14-20-15-19(6-11-23(20)29)28-27(33)26(32)25(31)24(16-30)36-28/h2-11,15,24-28,30-33H,12-14,16H2,1H3/t24-,25-,26+,27-,28+/m1/s1. The van der Waals surface area contributed by atoms with Crippen LogP contribution in [0.15, 0.2) is 66.7 Å². The summed E-state index contributed by atoms with van der Waals surface area (Å²) in [5, 5.41) is 40.6. The van der Waals surface area contributed by atoms with Crippen LogP contribution in [0, 0.1) is 6.92 Å². The van der Waals surface area contributed by atoms with Crippen LogP contribution in [0.5, 0.6) is 11.5 Å². The molecule has 0 aliphatic carbocycles. The summed E-state index contributed by atoms with van der Waals surface area (Å²) in [6.07, 6.45) is -5.53. The second-order valence-corrected chi connectivity index (χ2v) is 9.34. The zero-order valence-electron chi connectivity index (χ0n) is 20.0. The van der Waals surface area contributed by atoms with Gasteiger partial charge in [-0.05, 0) is 60.4 Å². The van der Waals surface area contributed by atoms with Gasteiger partial charge < -0.3 is 34.6 Å². The largest absolute Gasteiger partial charge is 0.490 e. The number of hydrogen-bond donors (Lipinski definition) is 4. The second kappa shape index (κ2) is 12.1. The Bertz CT molecular complexity index is 1120. The first kappa shape index (κ1) is 26.4. The minimum atomic E-state index is -1.44. The second-order valence-electron chi connectivity index (χ2n) is 8.93. The van der Waals surface area contributed by atoms with E-state index in [0.717, 1.165) is 22.6 Å². The van der Waals surface area contributed by atoms with E-state index >= 15 is 0 Å². The molecule has 1 heterocycles. The van der Waals surface area contributed by atoms with Crippen molar-refractivity contribution in [3.05, 3.63) is 94.0 Å². The molecule has 0 spiro atoms. The lowest BCUT2D eigenvalue weighted by molar-refractivity contribution is -0.231. The maximum absolute atomic E-state index is 10.4. The molecule has 0 amide bonds. The Hall–Kier alpha value is -2.65. The number of benzene rings is 3. The van der Waals surface area contributed by atoms with E-state index in [1.165, 1.54) is 5.56 Å². The van der Waals surface area contributed by atoms with Gasteiger partial charge in [0.05, 0.1) is 6.61 Å². The quantitative estimate of drug-likeness (QED) is 0.325. The van der Waals surface area contributed by atoms with Gasteiger partial charge in [0.1, 0.15) is 55.2 Å². The lowest BCUT2D eigenvalue weighted by Crippen LogP contribution is -2.55. The summed E-state index contributed by atoms with van der Waals surface area (Å²) in [5.41, 5.74) is 3.60. The summed E-state index contributed by atoms with van der Waals surface area (Å²) in [6.45, 7) is 2.40. The summed E-state index contributed by atoms with van der Waals surface area (Å²) in [4.78, 5) is 0. The maximum Gasteiger partial charge on any atom is 0.122 e. The highest BCUT2D eigenvalue weighted by molar-refractivity contribution is 6.31. The summed E-state index contributed by atoms with van der Waals surface area (Å²) >= 11 is 6.43. The topological polar surface area (TPSA) is 109 Å². The molecule has 4 rings (SSSR count). The monoisotopic (exact) mass is 514 g/mol. The lowest BCUT2D eigenvalue weighted by atomic mass is 9.90. The van der Waals surface area contributed by atoms with Crippen molar-refractivity contribution in [3.63, 3.8) is 0 Å². The molecule has 4 N–H and O–H groups in total. The van der Waals surface area contributed by atoms with Crippen molar-refractivity contribution in [2.75, 3.05) is 19.8 Å². The molecule has 0 unspecified atom stereocenters. The van der Waals surface area contributed by atoms with Crippen LogP contribution in [0.1, 0.15) is 28.4 Å². The van der Waals surface area contributed by atoms with Gasteiger partial charge in [-0.25, -0.2) is 0 Å². The van der Waals surface area contributed by atoms with E-state index in [-0.39, 0.29) is 0 Å². The molecule has 0 saturated carbocycles. The van der Waals surface area contributed by atoms with Crippen LogP contribution in [0.2, 0.25) is 5.02 Å². The van der Waals surface area contributed by atoms with Crippen molar-refractivity contribution in [3.8, 4) is 11.5 Å². The van der Waals surface area contributed by atoms with E-state index in [0.29, 0.717) is 30.2 Å². The van der Waals surface area contributed by atoms with Gasteiger partial charge >= 0.3 is 0 Å². The third kappa shape index (κ3) is 6.37. The molecular weight excluding hydrogens is 484 g/mol. The molecule has 5 atom stereocenters. The van der Waals surface area contributed by atoms with E-state index in [9.17, 15) is 20.4 Å². The Morgan fingerprint density at radius 2 is 1.42 bits per heavy atom. The molecule has 36 heavy (non-hydrogen) atoms. The minimum absolute atomic E-state index is 0.417. The molecule has 7 nitrogen and oxygen atoms in total. The average Bonchev–Trinajstić information content (AvgIpc) is 2.89. The van der Waals surface area contributed by atoms with Gasteiger partial charge in [-0.2, -0.15) is 0 Å². The Morgan fingerprint density at radius 1 is 0.806 bits per heavy atom. The fraction of sp³-hybridized carbons (Fsp3) is 0.357. The highest BCUT2D eigenvalue weighted by Gasteiger charge is 2.44. The van der Waals surface area contributed by atoms with E-state index in [1.807, 2.05) is 61.5 Å². The van der Waals surface area contributed by atoms with Gasteiger partial charge in [-0.1, -0.05) is 53.6 Å². The third-order valence-electron chi connectivity index (χ3n) is 6.25. The Morgan fingerprint density at radius 3 is 2.03 bits per heavy atom. The minimum Gasteiger partial charge on any atom is -0.490 e. The van der Waals surface area contributed by atoms with Crippen molar-refractivity contribution < 1.29 is 34.6 Å². The fourth-order valence-corrected chi connectivity index (χ4v) is 4.35. The zero-order valence-corrected chi connectivity index (χ0v) is 20.7. The Balaban J connectivity index is 1.35. The normalized spacial score (nSPS) is 23.9. The number of hydrogen-bond acceptors (Lipinski definition) is 7.